The molecule has 0 saturated carbocycles. The summed E-state index contributed by atoms with van der Waals surface area (Å²) in [7, 11) is -3.77. The smallest absolute Gasteiger partial charge is 0.240 e. The van der Waals surface area contributed by atoms with Crippen molar-refractivity contribution < 1.29 is 22.3 Å². The summed E-state index contributed by atoms with van der Waals surface area (Å²) in [6.45, 7) is 2.37. The van der Waals surface area contributed by atoms with Crippen molar-refractivity contribution in [1.82, 2.24) is 4.72 Å². The van der Waals surface area contributed by atoms with Crippen molar-refractivity contribution in [3.8, 4) is 5.75 Å². The first kappa shape index (κ1) is 18.9. The van der Waals surface area contributed by atoms with Crippen LogP contribution in [0.15, 0.2) is 53.4 Å². The highest BCUT2D eigenvalue weighted by molar-refractivity contribution is 7.89. The fourth-order valence-electron chi connectivity index (χ4n) is 2.02. The number of ether oxygens (including phenoxy) is 1. The molecule has 25 heavy (non-hydrogen) atoms. The van der Waals surface area contributed by atoms with Gasteiger partial charge >= 0.3 is 0 Å². The van der Waals surface area contributed by atoms with E-state index in [9.17, 15) is 17.6 Å². The Balaban J connectivity index is 1.82. The monoisotopic (exact) mass is 366 g/mol. The number of anilines is 1. The van der Waals surface area contributed by atoms with Crippen LogP contribution in [0.4, 0.5) is 10.1 Å². The lowest BCUT2D eigenvalue weighted by atomic mass is 10.3. The van der Waals surface area contributed by atoms with Crippen molar-refractivity contribution in [3.05, 3.63) is 54.3 Å². The van der Waals surface area contributed by atoms with Crippen molar-refractivity contribution in [2.45, 2.75) is 18.2 Å². The van der Waals surface area contributed by atoms with E-state index in [2.05, 4.69) is 10.0 Å². The van der Waals surface area contributed by atoms with Crippen LogP contribution in [0.5, 0.6) is 5.75 Å². The van der Waals surface area contributed by atoms with Gasteiger partial charge in [-0.15, -0.1) is 0 Å². The number of carbonyl (C=O) groups is 1. The van der Waals surface area contributed by atoms with Crippen LogP contribution in [0.3, 0.4) is 0 Å². The Morgan fingerprint density at radius 3 is 2.32 bits per heavy atom. The van der Waals surface area contributed by atoms with Gasteiger partial charge in [0, 0.05) is 18.7 Å². The highest BCUT2D eigenvalue weighted by Crippen LogP contribution is 2.15. The van der Waals surface area contributed by atoms with Crippen molar-refractivity contribution in [2.24, 2.45) is 0 Å². The van der Waals surface area contributed by atoms with Crippen molar-refractivity contribution >= 4 is 21.6 Å². The van der Waals surface area contributed by atoms with E-state index in [0.717, 1.165) is 24.3 Å². The topological polar surface area (TPSA) is 84.5 Å². The minimum Gasteiger partial charge on any atom is -0.494 e. The van der Waals surface area contributed by atoms with E-state index in [0.29, 0.717) is 18.0 Å². The van der Waals surface area contributed by atoms with Crippen LogP contribution in [0.25, 0.3) is 0 Å². The summed E-state index contributed by atoms with van der Waals surface area (Å²) < 4.78 is 44.4. The average Bonchev–Trinajstić information content (AvgIpc) is 2.57. The minimum atomic E-state index is -3.77. The zero-order valence-corrected chi connectivity index (χ0v) is 14.5. The molecule has 2 N–H and O–H groups in total. The molecule has 6 nitrogen and oxygen atoms in total. The molecule has 0 aliphatic rings. The lowest BCUT2D eigenvalue weighted by Gasteiger charge is -2.08. The van der Waals surface area contributed by atoms with Gasteiger partial charge in [0.25, 0.3) is 0 Å². The van der Waals surface area contributed by atoms with Gasteiger partial charge in [0.2, 0.25) is 15.9 Å². The second-order valence-electron chi connectivity index (χ2n) is 5.11. The Morgan fingerprint density at radius 1 is 1.08 bits per heavy atom. The quantitative estimate of drug-likeness (QED) is 0.752. The van der Waals surface area contributed by atoms with Gasteiger partial charge in [-0.2, -0.15) is 0 Å². The van der Waals surface area contributed by atoms with Crippen molar-refractivity contribution in [2.75, 3.05) is 18.5 Å². The molecule has 0 aromatic heterocycles. The Bertz CT molecular complexity index is 806. The third-order valence-corrected chi connectivity index (χ3v) is 4.69. The SMILES string of the molecule is CCOc1ccc(NC(=O)CCNS(=O)(=O)c2ccc(F)cc2)cc1. The summed E-state index contributed by atoms with van der Waals surface area (Å²) in [5.41, 5.74) is 0.592. The third-order valence-electron chi connectivity index (χ3n) is 3.22. The van der Waals surface area contributed by atoms with Crippen molar-refractivity contribution in [1.29, 1.82) is 0 Å². The Morgan fingerprint density at radius 2 is 1.72 bits per heavy atom. The molecule has 0 heterocycles. The fourth-order valence-corrected chi connectivity index (χ4v) is 3.05. The van der Waals surface area contributed by atoms with Gasteiger partial charge in [0.15, 0.2) is 0 Å². The van der Waals surface area contributed by atoms with E-state index in [1.165, 1.54) is 0 Å². The van der Waals surface area contributed by atoms with Crippen LogP contribution in [0, 0.1) is 5.82 Å². The molecule has 0 spiro atoms. The third kappa shape index (κ3) is 5.84. The predicted molar refractivity (Wildman–Crippen MR) is 92.4 cm³/mol. The standard InChI is InChI=1S/C17H19FN2O4S/c1-2-24-15-7-5-14(6-8-15)20-17(21)11-12-19-25(22,23)16-9-3-13(18)4-10-16/h3-10,19H,2,11-12H2,1H3,(H,20,21). The molecular weight excluding hydrogens is 347 g/mol. The number of hydrogen-bond donors (Lipinski definition) is 2. The van der Waals surface area contributed by atoms with Gasteiger partial charge in [0.05, 0.1) is 11.5 Å². The fraction of sp³-hybridized carbons (Fsp3) is 0.235. The summed E-state index contributed by atoms with van der Waals surface area (Å²) in [4.78, 5) is 11.8. The maximum atomic E-state index is 12.8. The number of benzene rings is 2. The van der Waals surface area contributed by atoms with Crippen LogP contribution in [0.2, 0.25) is 0 Å². The summed E-state index contributed by atoms with van der Waals surface area (Å²) in [6.07, 6.45) is -0.0341. The molecule has 1 amide bonds. The first-order chi connectivity index (χ1) is 11.9. The van der Waals surface area contributed by atoms with Crippen LogP contribution in [-0.2, 0) is 14.8 Å². The van der Waals surface area contributed by atoms with Gasteiger partial charge in [-0.3, -0.25) is 4.79 Å². The Hall–Kier alpha value is -2.45. The second kappa shape index (κ2) is 8.59. The lowest BCUT2D eigenvalue weighted by molar-refractivity contribution is -0.116. The second-order valence-corrected chi connectivity index (χ2v) is 6.87. The summed E-state index contributed by atoms with van der Waals surface area (Å²) in [6, 6.07) is 11.3. The summed E-state index contributed by atoms with van der Waals surface area (Å²) in [5.74, 6) is -0.146. The van der Waals surface area contributed by atoms with Crippen LogP contribution in [-0.4, -0.2) is 27.5 Å². The highest BCUT2D eigenvalue weighted by atomic mass is 32.2. The molecule has 0 unspecified atom stereocenters. The summed E-state index contributed by atoms with van der Waals surface area (Å²) in [5, 5.41) is 2.67. The zero-order valence-electron chi connectivity index (χ0n) is 13.7. The molecule has 0 atom stereocenters. The number of nitrogens with one attached hydrogen (secondary N) is 2. The number of rotatable bonds is 8. The van der Waals surface area contributed by atoms with E-state index in [1.54, 1.807) is 24.3 Å². The molecule has 0 fully saturated rings. The molecule has 2 rings (SSSR count). The van der Waals surface area contributed by atoms with E-state index in [4.69, 9.17) is 4.74 Å². The molecule has 8 heteroatoms. The molecular formula is C17H19FN2O4S. The lowest BCUT2D eigenvalue weighted by Crippen LogP contribution is -2.27. The number of amides is 1. The number of hydrogen-bond acceptors (Lipinski definition) is 4. The van der Waals surface area contributed by atoms with E-state index >= 15 is 0 Å². The van der Waals surface area contributed by atoms with E-state index < -0.39 is 15.8 Å². The average molecular weight is 366 g/mol. The minimum absolute atomic E-state index is 0.0341. The zero-order chi connectivity index (χ0) is 18.3. The number of sulfonamides is 1. The number of carbonyl (C=O) groups excluding carboxylic acids is 1. The van der Waals surface area contributed by atoms with Gasteiger partial charge in [-0.25, -0.2) is 17.5 Å². The largest absolute Gasteiger partial charge is 0.494 e. The molecule has 0 bridgehead atoms. The highest BCUT2D eigenvalue weighted by Gasteiger charge is 2.14. The van der Waals surface area contributed by atoms with Gasteiger partial charge in [-0.05, 0) is 55.5 Å². The normalized spacial score (nSPS) is 11.1. The van der Waals surface area contributed by atoms with Crippen molar-refractivity contribution in [3.63, 3.8) is 0 Å². The maximum Gasteiger partial charge on any atom is 0.240 e. The predicted octanol–water partition coefficient (Wildman–Crippen LogP) is 2.53. The van der Waals surface area contributed by atoms with Crippen LogP contribution >= 0.6 is 0 Å². The molecule has 2 aromatic carbocycles. The maximum absolute atomic E-state index is 12.8. The Labute approximate surface area is 146 Å². The molecule has 0 radical (unpaired) electrons. The van der Waals surface area contributed by atoms with Gasteiger partial charge < -0.3 is 10.1 Å². The Kier molecular flexibility index (Phi) is 6.49. The van der Waals surface area contributed by atoms with Gasteiger partial charge in [0.1, 0.15) is 11.6 Å². The first-order valence-corrected chi connectivity index (χ1v) is 9.17. The van der Waals surface area contributed by atoms with Gasteiger partial charge in [-0.1, -0.05) is 0 Å². The van der Waals surface area contributed by atoms with E-state index in [1.807, 2.05) is 6.92 Å². The molecule has 0 aliphatic heterocycles. The molecule has 0 saturated heterocycles. The van der Waals surface area contributed by atoms with Crippen LogP contribution < -0.4 is 14.8 Å². The molecule has 2 aromatic rings. The molecule has 134 valence electrons. The number of halogens is 1. The molecule has 0 aliphatic carbocycles. The first-order valence-electron chi connectivity index (χ1n) is 7.68. The van der Waals surface area contributed by atoms with Crippen LogP contribution in [0.1, 0.15) is 13.3 Å². The summed E-state index contributed by atoms with van der Waals surface area (Å²) >= 11 is 0. The van der Waals surface area contributed by atoms with E-state index in [-0.39, 0.29) is 23.8 Å².